The van der Waals surface area contributed by atoms with Crippen LogP contribution in [0.4, 0.5) is 5.69 Å². The summed E-state index contributed by atoms with van der Waals surface area (Å²) in [6.07, 6.45) is 0.327. The monoisotopic (exact) mass is 307 g/mol. The molecule has 4 nitrogen and oxygen atoms in total. The second kappa shape index (κ2) is 7.24. The molecule has 1 atom stereocenters. The Balaban J connectivity index is 0.00000106. The van der Waals surface area contributed by atoms with Gasteiger partial charge in [-0.25, -0.2) is 8.42 Å². The highest BCUT2D eigenvalue weighted by atomic mass is 32.2. The number of sulfone groups is 1. The smallest absolute Gasteiger partial charge is 0.175 e. The molecule has 3 N–H and O–H groups in total. The van der Waals surface area contributed by atoms with Crippen molar-refractivity contribution in [3.63, 3.8) is 0 Å². The van der Waals surface area contributed by atoms with E-state index in [1.165, 1.54) is 12.1 Å². The number of benzene rings is 2. The van der Waals surface area contributed by atoms with Gasteiger partial charge in [0.25, 0.3) is 0 Å². The molecule has 0 saturated heterocycles. The quantitative estimate of drug-likeness (QED) is 0.854. The molecule has 1 unspecified atom stereocenters. The Hall–Kier alpha value is -1.85. The maximum Gasteiger partial charge on any atom is 0.175 e. The minimum Gasteiger partial charge on any atom is -0.399 e. The number of hydrogen-bond acceptors (Lipinski definition) is 4. The molecule has 0 aliphatic heterocycles. The SMILES string of the molecule is CC.CS(=O)(=O)c1ccc(C(O)c2cccc(N)c2)cc1. The summed E-state index contributed by atoms with van der Waals surface area (Å²) in [6, 6.07) is 13.1. The van der Waals surface area contributed by atoms with Crippen molar-refractivity contribution in [1.82, 2.24) is 0 Å². The highest BCUT2D eigenvalue weighted by molar-refractivity contribution is 7.90. The maximum atomic E-state index is 11.3. The van der Waals surface area contributed by atoms with Gasteiger partial charge in [-0.1, -0.05) is 38.1 Å². The number of anilines is 1. The van der Waals surface area contributed by atoms with Gasteiger partial charge in [0.2, 0.25) is 0 Å². The van der Waals surface area contributed by atoms with Gasteiger partial charge in [0.15, 0.2) is 9.84 Å². The lowest BCUT2D eigenvalue weighted by Crippen LogP contribution is -2.02. The number of hydrogen-bond donors (Lipinski definition) is 2. The van der Waals surface area contributed by atoms with Gasteiger partial charge >= 0.3 is 0 Å². The standard InChI is InChI=1S/C14H15NO3S.C2H6/c1-19(17,18)13-7-5-10(6-8-13)14(16)11-3-2-4-12(15)9-11;1-2/h2-9,14,16H,15H2,1H3;1-2H3. The fourth-order valence-corrected chi connectivity index (χ4v) is 2.45. The first-order valence-electron chi connectivity index (χ1n) is 6.71. The molecule has 2 aromatic rings. The molecule has 0 aliphatic carbocycles. The first kappa shape index (κ1) is 17.2. The lowest BCUT2D eigenvalue weighted by molar-refractivity contribution is 0.220. The maximum absolute atomic E-state index is 11.3. The Labute approximate surface area is 126 Å². The summed E-state index contributed by atoms with van der Waals surface area (Å²) < 4.78 is 22.7. The molecule has 0 radical (unpaired) electrons. The summed E-state index contributed by atoms with van der Waals surface area (Å²) in [6.45, 7) is 4.00. The number of aliphatic hydroxyl groups excluding tert-OH is 1. The van der Waals surface area contributed by atoms with Gasteiger partial charge in [-0.2, -0.15) is 0 Å². The molecule has 0 spiro atoms. The molecular weight excluding hydrogens is 286 g/mol. The van der Waals surface area contributed by atoms with Crippen LogP contribution < -0.4 is 5.73 Å². The number of rotatable bonds is 3. The first-order chi connectivity index (χ1) is 9.88. The van der Waals surface area contributed by atoms with E-state index in [0.717, 1.165) is 6.26 Å². The average Bonchev–Trinajstić information content (AvgIpc) is 2.48. The minimum absolute atomic E-state index is 0.232. The Morgan fingerprint density at radius 3 is 2.05 bits per heavy atom. The lowest BCUT2D eigenvalue weighted by Gasteiger charge is -2.12. The predicted octanol–water partition coefficient (Wildman–Crippen LogP) is 2.78. The van der Waals surface area contributed by atoms with Crippen LogP contribution in [-0.4, -0.2) is 19.8 Å². The molecule has 0 bridgehead atoms. The molecule has 0 heterocycles. The van der Waals surface area contributed by atoms with Crippen LogP contribution in [0, 0.1) is 0 Å². The van der Waals surface area contributed by atoms with E-state index in [2.05, 4.69) is 0 Å². The van der Waals surface area contributed by atoms with Gasteiger partial charge in [0.05, 0.1) is 4.90 Å². The molecule has 21 heavy (non-hydrogen) atoms. The van der Waals surface area contributed by atoms with Crippen LogP contribution in [0.1, 0.15) is 31.1 Å². The number of nitrogen functional groups attached to an aromatic ring is 1. The van der Waals surface area contributed by atoms with Crippen LogP contribution >= 0.6 is 0 Å². The zero-order valence-electron chi connectivity index (χ0n) is 12.4. The second-order valence-electron chi connectivity index (χ2n) is 4.41. The Kier molecular flexibility index (Phi) is 5.93. The normalized spacial score (nSPS) is 12.2. The molecule has 0 amide bonds. The zero-order chi connectivity index (χ0) is 16.0. The molecule has 0 aliphatic rings. The van der Waals surface area contributed by atoms with Gasteiger partial charge in [-0.3, -0.25) is 0 Å². The Bertz CT molecular complexity index is 679. The summed E-state index contributed by atoms with van der Waals surface area (Å²) in [4.78, 5) is 0.232. The van der Waals surface area contributed by atoms with E-state index in [1.807, 2.05) is 13.8 Å². The number of nitrogens with two attached hydrogens (primary N) is 1. The van der Waals surface area contributed by atoms with E-state index in [0.29, 0.717) is 16.8 Å². The third-order valence-electron chi connectivity index (χ3n) is 2.85. The van der Waals surface area contributed by atoms with Crippen molar-refractivity contribution < 1.29 is 13.5 Å². The Morgan fingerprint density at radius 1 is 1.00 bits per heavy atom. The van der Waals surface area contributed by atoms with Crippen LogP contribution in [0.5, 0.6) is 0 Å². The first-order valence-corrected chi connectivity index (χ1v) is 8.60. The van der Waals surface area contributed by atoms with E-state index in [-0.39, 0.29) is 4.90 Å². The third kappa shape index (κ3) is 4.58. The van der Waals surface area contributed by atoms with Gasteiger partial charge in [-0.05, 0) is 35.4 Å². The second-order valence-corrected chi connectivity index (χ2v) is 6.43. The van der Waals surface area contributed by atoms with Gasteiger partial charge in [0, 0.05) is 11.9 Å². The summed E-state index contributed by atoms with van der Waals surface area (Å²) in [7, 11) is -3.22. The van der Waals surface area contributed by atoms with Crippen molar-refractivity contribution in [3.8, 4) is 0 Å². The van der Waals surface area contributed by atoms with Crippen LogP contribution in [0.15, 0.2) is 53.4 Å². The van der Waals surface area contributed by atoms with Crippen molar-refractivity contribution in [3.05, 3.63) is 59.7 Å². The molecular formula is C16H21NO3S. The molecule has 2 aromatic carbocycles. The lowest BCUT2D eigenvalue weighted by atomic mass is 10.0. The molecule has 114 valence electrons. The summed E-state index contributed by atoms with van der Waals surface area (Å²) >= 11 is 0. The van der Waals surface area contributed by atoms with Crippen LogP contribution in [0.25, 0.3) is 0 Å². The highest BCUT2D eigenvalue weighted by Crippen LogP contribution is 2.24. The molecule has 0 aromatic heterocycles. The predicted molar refractivity (Wildman–Crippen MR) is 85.8 cm³/mol. The molecule has 5 heteroatoms. The van der Waals surface area contributed by atoms with Crippen LogP contribution in [0.3, 0.4) is 0 Å². The third-order valence-corrected chi connectivity index (χ3v) is 3.98. The van der Waals surface area contributed by atoms with Crippen LogP contribution in [-0.2, 0) is 9.84 Å². The average molecular weight is 307 g/mol. The van der Waals surface area contributed by atoms with Crippen molar-refractivity contribution in [1.29, 1.82) is 0 Å². The van der Waals surface area contributed by atoms with Gasteiger partial charge < -0.3 is 10.8 Å². The van der Waals surface area contributed by atoms with E-state index in [4.69, 9.17) is 5.73 Å². The topological polar surface area (TPSA) is 80.4 Å². The van der Waals surface area contributed by atoms with E-state index >= 15 is 0 Å². The highest BCUT2D eigenvalue weighted by Gasteiger charge is 2.12. The van der Waals surface area contributed by atoms with Crippen molar-refractivity contribution >= 4 is 15.5 Å². The zero-order valence-corrected chi connectivity index (χ0v) is 13.3. The summed E-state index contributed by atoms with van der Waals surface area (Å²) in [5, 5.41) is 10.2. The molecule has 0 saturated carbocycles. The Morgan fingerprint density at radius 2 is 1.57 bits per heavy atom. The molecule has 0 fully saturated rings. The fraction of sp³-hybridized carbons (Fsp3) is 0.250. The van der Waals surface area contributed by atoms with Gasteiger partial charge in [-0.15, -0.1) is 0 Å². The van der Waals surface area contributed by atoms with E-state index in [9.17, 15) is 13.5 Å². The molecule has 2 rings (SSSR count). The minimum atomic E-state index is -3.22. The van der Waals surface area contributed by atoms with Gasteiger partial charge in [0.1, 0.15) is 6.10 Å². The fourth-order valence-electron chi connectivity index (χ4n) is 1.82. The number of aliphatic hydroxyl groups is 1. The van der Waals surface area contributed by atoms with Crippen molar-refractivity contribution in [2.45, 2.75) is 24.8 Å². The van der Waals surface area contributed by atoms with Crippen molar-refractivity contribution in [2.75, 3.05) is 12.0 Å². The van der Waals surface area contributed by atoms with Crippen LogP contribution in [0.2, 0.25) is 0 Å². The van der Waals surface area contributed by atoms with Crippen molar-refractivity contribution in [2.24, 2.45) is 0 Å². The van der Waals surface area contributed by atoms with E-state index in [1.54, 1.807) is 36.4 Å². The van der Waals surface area contributed by atoms with E-state index < -0.39 is 15.9 Å². The summed E-state index contributed by atoms with van der Waals surface area (Å²) in [5.74, 6) is 0. The largest absolute Gasteiger partial charge is 0.399 e. The summed E-state index contributed by atoms with van der Waals surface area (Å²) in [5.41, 5.74) is 7.54.